The molecule has 0 aliphatic carbocycles. The Labute approximate surface area is 141 Å². The van der Waals surface area contributed by atoms with Crippen LogP contribution in [0, 0.1) is 11.3 Å². The van der Waals surface area contributed by atoms with Crippen LogP contribution in [0.25, 0.3) is 0 Å². The third-order valence-electron chi connectivity index (χ3n) is 3.93. The zero-order valence-corrected chi connectivity index (χ0v) is 13.7. The fourth-order valence-electron chi connectivity index (χ4n) is 2.57. The van der Waals surface area contributed by atoms with Crippen LogP contribution in [0.3, 0.4) is 0 Å². The zero-order chi connectivity index (χ0) is 17.4. The second-order valence-electron chi connectivity index (χ2n) is 5.59. The SMILES string of the molecule is COC(=O)/C(C#N)=C\Nc1ccc(C(=O)N2CCCCCC2)cc1. The molecule has 1 saturated heterocycles. The van der Waals surface area contributed by atoms with Gasteiger partial charge in [0, 0.05) is 30.5 Å². The number of hydrogen-bond acceptors (Lipinski definition) is 5. The van der Waals surface area contributed by atoms with Crippen LogP contribution >= 0.6 is 0 Å². The van der Waals surface area contributed by atoms with Crippen molar-refractivity contribution in [3.8, 4) is 6.07 Å². The Bertz CT molecular complexity index is 651. The van der Waals surface area contributed by atoms with Crippen molar-refractivity contribution in [2.24, 2.45) is 0 Å². The number of carbonyl (C=O) groups is 2. The lowest BCUT2D eigenvalue weighted by Crippen LogP contribution is -2.31. The Morgan fingerprint density at radius 1 is 1.17 bits per heavy atom. The average molecular weight is 327 g/mol. The molecule has 0 atom stereocenters. The summed E-state index contributed by atoms with van der Waals surface area (Å²) in [5, 5.41) is 11.7. The van der Waals surface area contributed by atoms with Crippen molar-refractivity contribution in [2.75, 3.05) is 25.5 Å². The van der Waals surface area contributed by atoms with E-state index in [0.29, 0.717) is 11.3 Å². The van der Waals surface area contributed by atoms with Crippen LogP contribution in [0.4, 0.5) is 5.69 Å². The highest BCUT2D eigenvalue weighted by Gasteiger charge is 2.17. The van der Waals surface area contributed by atoms with Crippen molar-refractivity contribution in [1.29, 1.82) is 5.26 Å². The number of benzene rings is 1. The predicted octanol–water partition coefficient (Wildman–Crippen LogP) is 2.70. The minimum absolute atomic E-state index is 0.0475. The second kappa shape index (κ2) is 8.73. The molecule has 1 fully saturated rings. The lowest BCUT2D eigenvalue weighted by molar-refractivity contribution is -0.135. The lowest BCUT2D eigenvalue weighted by atomic mass is 10.1. The van der Waals surface area contributed by atoms with E-state index in [1.54, 1.807) is 30.3 Å². The Kier molecular flexibility index (Phi) is 6.38. The maximum absolute atomic E-state index is 12.5. The number of anilines is 1. The highest BCUT2D eigenvalue weighted by atomic mass is 16.5. The van der Waals surface area contributed by atoms with E-state index in [9.17, 15) is 9.59 Å². The first-order valence-corrected chi connectivity index (χ1v) is 8.00. The predicted molar refractivity (Wildman–Crippen MR) is 90.1 cm³/mol. The average Bonchev–Trinajstić information content (AvgIpc) is 2.91. The molecule has 0 spiro atoms. The van der Waals surface area contributed by atoms with E-state index in [0.717, 1.165) is 25.9 Å². The molecule has 2 rings (SSSR count). The number of hydrogen-bond donors (Lipinski definition) is 1. The first-order valence-electron chi connectivity index (χ1n) is 8.00. The molecule has 0 saturated carbocycles. The Hall–Kier alpha value is -2.81. The molecule has 1 N–H and O–H groups in total. The van der Waals surface area contributed by atoms with E-state index in [1.165, 1.54) is 26.2 Å². The lowest BCUT2D eigenvalue weighted by Gasteiger charge is -2.20. The molecule has 6 nitrogen and oxygen atoms in total. The molecular formula is C18H21N3O3. The van der Waals surface area contributed by atoms with Gasteiger partial charge in [-0.15, -0.1) is 0 Å². The number of methoxy groups -OCH3 is 1. The molecule has 126 valence electrons. The van der Waals surface area contributed by atoms with Crippen molar-refractivity contribution < 1.29 is 14.3 Å². The number of nitrogens with one attached hydrogen (secondary N) is 1. The Morgan fingerprint density at radius 3 is 2.33 bits per heavy atom. The van der Waals surface area contributed by atoms with E-state index in [4.69, 9.17) is 5.26 Å². The summed E-state index contributed by atoms with van der Waals surface area (Å²) in [7, 11) is 1.22. The summed E-state index contributed by atoms with van der Waals surface area (Å²) < 4.78 is 4.50. The van der Waals surface area contributed by atoms with Crippen LogP contribution in [0.15, 0.2) is 36.0 Å². The van der Waals surface area contributed by atoms with Gasteiger partial charge < -0.3 is 15.0 Å². The molecule has 1 heterocycles. The van der Waals surface area contributed by atoms with Crippen LogP contribution in [0.1, 0.15) is 36.0 Å². The minimum Gasteiger partial charge on any atom is -0.465 e. The van der Waals surface area contributed by atoms with Crippen LogP contribution < -0.4 is 5.32 Å². The molecule has 1 aliphatic rings. The summed E-state index contributed by atoms with van der Waals surface area (Å²) in [5.74, 6) is -0.649. The fourth-order valence-corrected chi connectivity index (χ4v) is 2.57. The van der Waals surface area contributed by atoms with Crippen molar-refractivity contribution in [3.05, 3.63) is 41.6 Å². The molecule has 24 heavy (non-hydrogen) atoms. The Balaban J connectivity index is 2.02. The number of amides is 1. The van der Waals surface area contributed by atoms with Gasteiger partial charge >= 0.3 is 5.97 Å². The van der Waals surface area contributed by atoms with E-state index in [2.05, 4.69) is 10.1 Å². The number of nitriles is 1. The second-order valence-corrected chi connectivity index (χ2v) is 5.59. The normalized spacial score (nSPS) is 15.2. The number of esters is 1. The number of rotatable bonds is 4. The highest BCUT2D eigenvalue weighted by molar-refractivity contribution is 5.95. The summed E-state index contributed by atoms with van der Waals surface area (Å²) in [4.78, 5) is 25.7. The third kappa shape index (κ3) is 4.59. The van der Waals surface area contributed by atoms with Gasteiger partial charge in [-0.2, -0.15) is 5.26 Å². The largest absolute Gasteiger partial charge is 0.465 e. The van der Waals surface area contributed by atoms with Gasteiger partial charge in [0.1, 0.15) is 6.07 Å². The summed E-state index contributed by atoms with van der Waals surface area (Å²) in [6.07, 6.45) is 5.76. The van der Waals surface area contributed by atoms with Gasteiger partial charge in [0.15, 0.2) is 5.57 Å². The van der Waals surface area contributed by atoms with E-state index in [1.807, 2.05) is 4.90 Å². The first kappa shape index (κ1) is 17.5. The molecule has 0 aromatic heterocycles. The third-order valence-corrected chi connectivity index (χ3v) is 3.93. The van der Waals surface area contributed by atoms with Gasteiger partial charge in [-0.1, -0.05) is 12.8 Å². The standard InChI is InChI=1S/C18H21N3O3/c1-24-18(23)15(12-19)13-20-16-8-6-14(7-9-16)17(22)21-10-4-2-3-5-11-21/h6-9,13,20H,2-5,10-11H2,1H3/b15-13-. The summed E-state index contributed by atoms with van der Waals surface area (Å²) >= 11 is 0. The van der Waals surface area contributed by atoms with Gasteiger partial charge in [-0.25, -0.2) is 4.79 Å². The summed E-state index contributed by atoms with van der Waals surface area (Å²) in [6, 6.07) is 8.74. The molecule has 1 aromatic rings. The summed E-state index contributed by atoms with van der Waals surface area (Å²) in [5.41, 5.74) is 1.20. The molecule has 1 aliphatic heterocycles. The van der Waals surface area contributed by atoms with Gasteiger partial charge in [0.05, 0.1) is 7.11 Å². The maximum atomic E-state index is 12.5. The molecule has 0 radical (unpaired) electrons. The molecule has 1 aromatic carbocycles. The van der Waals surface area contributed by atoms with Crippen molar-refractivity contribution in [3.63, 3.8) is 0 Å². The van der Waals surface area contributed by atoms with Gasteiger partial charge in [0.2, 0.25) is 0 Å². The topological polar surface area (TPSA) is 82.4 Å². The molecular weight excluding hydrogens is 306 g/mol. The number of ether oxygens (including phenoxy) is 1. The van der Waals surface area contributed by atoms with E-state index < -0.39 is 5.97 Å². The minimum atomic E-state index is -0.696. The van der Waals surface area contributed by atoms with Crippen LogP contribution in [-0.4, -0.2) is 37.0 Å². The van der Waals surface area contributed by atoms with Crippen LogP contribution in [-0.2, 0) is 9.53 Å². The number of carbonyl (C=O) groups excluding carboxylic acids is 2. The molecule has 0 bridgehead atoms. The first-order chi connectivity index (χ1) is 11.7. The van der Waals surface area contributed by atoms with Crippen molar-refractivity contribution in [1.82, 2.24) is 4.90 Å². The van der Waals surface area contributed by atoms with Gasteiger partial charge in [-0.3, -0.25) is 4.79 Å². The van der Waals surface area contributed by atoms with Crippen molar-refractivity contribution >= 4 is 17.6 Å². The van der Waals surface area contributed by atoms with E-state index in [-0.39, 0.29) is 11.5 Å². The van der Waals surface area contributed by atoms with Gasteiger partial charge in [-0.05, 0) is 37.1 Å². The quantitative estimate of drug-likeness (QED) is 0.522. The zero-order valence-electron chi connectivity index (χ0n) is 13.7. The molecule has 0 unspecified atom stereocenters. The molecule has 1 amide bonds. The summed E-state index contributed by atoms with van der Waals surface area (Å²) in [6.45, 7) is 1.62. The monoisotopic (exact) mass is 327 g/mol. The van der Waals surface area contributed by atoms with Crippen LogP contribution in [0.5, 0.6) is 0 Å². The highest BCUT2D eigenvalue weighted by Crippen LogP contribution is 2.16. The Morgan fingerprint density at radius 2 is 1.79 bits per heavy atom. The number of nitrogens with zero attached hydrogens (tertiary/aromatic N) is 2. The molecule has 6 heteroatoms. The van der Waals surface area contributed by atoms with Crippen LogP contribution in [0.2, 0.25) is 0 Å². The fraction of sp³-hybridized carbons (Fsp3) is 0.389. The van der Waals surface area contributed by atoms with Gasteiger partial charge in [0.25, 0.3) is 5.91 Å². The smallest absolute Gasteiger partial charge is 0.350 e. The number of likely N-dealkylation sites (tertiary alicyclic amines) is 1. The van der Waals surface area contributed by atoms with Crippen molar-refractivity contribution in [2.45, 2.75) is 25.7 Å². The van der Waals surface area contributed by atoms with E-state index >= 15 is 0 Å². The maximum Gasteiger partial charge on any atom is 0.350 e.